The summed E-state index contributed by atoms with van der Waals surface area (Å²) in [5.41, 5.74) is 0. The van der Waals surface area contributed by atoms with Gasteiger partial charge in [-0.05, 0) is 50.3 Å². The summed E-state index contributed by atoms with van der Waals surface area (Å²) in [4.78, 5) is 0. The number of hydrogen-bond donors (Lipinski definition) is 1. The van der Waals surface area contributed by atoms with Gasteiger partial charge in [0.05, 0.1) is 17.6 Å². The summed E-state index contributed by atoms with van der Waals surface area (Å²) in [6, 6.07) is 1.97. The Balaban J connectivity index is 1.73. The van der Waals surface area contributed by atoms with Crippen LogP contribution >= 0.6 is 31.9 Å². The zero-order chi connectivity index (χ0) is 10.7. The van der Waals surface area contributed by atoms with Crippen LogP contribution in [0.4, 0.5) is 0 Å². The average molecular weight is 339 g/mol. The molecule has 1 aromatic rings. The molecule has 1 aromatic heterocycles. The lowest BCUT2D eigenvalue weighted by molar-refractivity contribution is 0.185. The molecule has 0 saturated carbocycles. The van der Waals surface area contributed by atoms with Crippen LogP contribution in [-0.4, -0.2) is 19.8 Å². The molecule has 1 atom stereocenters. The fourth-order valence-electron chi connectivity index (χ4n) is 1.62. The lowest BCUT2D eigenvalue weighted by Crippen LogP contribution is -2.22. The predicted molar refractivity (Wildman–Crippen MR) is 64.7 cm³/mol. The minimum Gasteiger partial charge on any atom is -0.452 e. The Morgan fingerprint density at radius 1 is 1.47 bits per heavy atom. The highest BCUT2D eigenvalue weighted by atomic mass is 79.9. The van der Waals surface area contributed by atoms with Crippen molar-refractivity contribution in [3.05, 3.63) is 21.0 Å². The van der Waals surface area contributed by atoms with Gasteiger partial charge >= 0.3 is 0 Å². The molecule has 0 amide bonds. The molecular weight excluding hydrogens is 326 g/mol. The molecule has 0 spiro atoms. The Hall–Kier alpha value is 0.160. The first kappa shape index (κ1) is 11.6. The molecule has 1 N–H and O–H groups in total. The van der Waals surface area contributed by atoms with Crippen molar-refractivity contribution >= 4 is 31.9 Å². The van der Waals surface area contributed by atoms with Gasteiger partial charge in [0.15, 0.2) is 4.67 Å². The molecule has 84 valence electrons. The highest BCUT2D eigenvalue weighted by Crippen LogP contribution is 2.26. The van der Waals surface area contributed by atoms with E-state index in [0.717, 1.165) is 41.2 Å². The van der Waals surface area contributed by atoms with Crippen molar-refractivity contribution in [1.82, 2.24) is 5.32 Å². The first-order valence-corrected chi connectivity index (χ1v) is 6.56. The van der Waals surface area contributed by atoms with Gasteiger partial charge in [0.2, 0.25) is 0 Å². The Labute approximate surface area is 106 Å². The van der Waals surface area contributed by atoms with E-state index >= 15 is 0 Å². The third kappa shape index (κ3) is 3.31. The van der Waals surface area contributed by atoms with E-state index in [1.807, 2.05) is 6.07 Å². The summed E-state index contributed by atoms with van der Waals surface area (Å²) in [6.07, 6.45) is 1.17. The third-order valence-electron chi connectivity index (χ3n) is 2.45. The van der Waals surface area contributed by atoms with Crippen molar-refractivity contribution in [2.24, 2.45) is 5.92 Å². The van der Waals surface area contributed by atoms with Gasteiger partial charge in [0.25, 0.3) is 0 Å². The molecule has 2 rings (SSSR count). The smallest absolute Gasteiger partial charge is 0.183 e. The fraction of sp³-hybridized carbons (Fsp3) is 0.600. The molecule has 1 aliphatic heterocycles. The Morgan fingerprint density at radius 2 is 2.33 bits per heavy atom. The Kier molecular flexibility index (Phi) is 4.25. The summed E-state index contributed by atoms with van der Waals surface area (Å²) in [6.45, 7) is 3.55. The molecule has 1 aliphatic rings. The van der Waals surface area contributed by atoms with Gasteiger partial charge in [0.1, 0.15) is 5.76 Å². The lowest BCUT2D eigenvalue weighted by atomic mass is 10.1. The zero-order valence-corrected chi connectivity index (χ0v) is 11.4. The van der Waals surface area contributed by atoms with Gasteiger partial charge in [-0.2, -0.15) is 0 Å². The van der Waals surface area contributed by atoms with Gasteiger partial charge in [0, 0.05) is 13.2 Å². The molecule has 0 radical (unpaired) electrons. The first-order valence-electron chi connectivity index (χ1n) is 4.98. The third-order valence-corrected chi connectivity index (χ3v) is 4.16. The van der Waals surface area contributed by atoms with Crippen molar-refractivity contribution in [3.8, 4) is 0 Å². The van der Waals surface area contributed by atoms with E-state index in [4.69, 9.17) is 9.15 Å². The summed E-state index contributed by atoms with van der Waals surface area (Å²) in [5, 5.41) is 3.37. The maximum absolute atomic E-state index is 5.46. The van der Waals surface area contributed by atoms with Crippen molar-refractivity contribution in [2.45, 2.75) is 13.0 Å². The van der Waals surface area contributed by atoms with Gasteiger partial charge < -0.3 is 14.5 Å². The Bertz CT molecular complexity index is 302. The topological polar surface area (TPSA) is 34.4 Å². The van der Waals surface area contributed by atoms with E-state index in [9.17, 15) is 0 Å². The summed E-state index contributed by atoms with van der Waals surface area (Å²) >= 11 is 6.70. The van der Waals surface area contributed by atoms with Crippen molar-refractivity contribution < 1.29 is 9.15 Å². The van der Waals surface area contributed by atoms with Crippen LogP contribution in [0.5, 0.6) is 0 Å². The van der Waals surface area contributed by atoms with Crippen molar-refractivity contribution in [2.75, 3.05) is 19.8 Å². The second-order valence-corrected chi connectivity index (χ2v) is 5.27. The molecule has 0 aliphatic carbocycles. The molecular formula is C10H13Br2NO2. The fourth-order valence-corrected chi connectivity index (χ4v) is 2.28. The van der Waals surface area contributed by atoms with Gasteiger partial charge in [-0.15, -0.1) is 0 Å². The number of halogens is 2. The molecule has 2 heterocycles. The maximum atomic E-state index is 5.46. The van der Waals surface area contributed by atoms with Gasteiger partial charge in [-0.3, -0.25) is 0 Å². The van der Waals surface area contributed by atoms with Crippen LogP contribution in [-0.2, 0) is 11.3 Å². The summed E-state index contributed by atoms with van der Waals surface area (Å²) in [7, 11) is 0. The molecule has 0 bridgehead atoms. The van der Waals surface area contributed by atoms with Crippen LogP contribution in [0, 0.1) is 5.92 Å². The standard InChI is InChI=1S/C10H13Br2NO2/c11-9-3-8(15-10(9)12)5-13-4-7-1-2-14-6-7/h3,7,13H,1-2,4-6H2. The molecule has 5 heteroatoms. The Morgan fingerprint density at radius 3 is 2.93 bits per heavy atom. The lowest BCUT2D eigenvalue weighted by Gasteiger charge is -2.07. The van der Waals surface area contributed by atoms with Crippen LogP contribution in [0.3, 0.4) is 0 Å². The monoisotopic (exact) mass is 337 g/mol. The highest BCUT2D eigenvalue weighted by molar-refractivity contribution is 9.13. The van der Waals surface area contributed by atoms with Crippen LogP contribution in [0.15, 0.2) is 19.6 Å². The van der Waals surface area contributed by atoms with Gasteiger partial charge in [-0.1, -0.05) is 0 Å². The highest BCUT2D eigenvalue weighted by Gasteiger charge is 2.15. The number of hydrogen-bond acceptors (Lipinski definition) is 3. The van der Waals surface area contributed by atoms with Crippen molar-refractivity contribution in [3.63, 3.8) is 0 Å². The zero-order valence-electron chi connectivity index (χ0n) is 8.26. The van der Waals surface area contributed by atoms with E-state index in [1.165, 1.54) is 6.42 Å². The van der Waals surface area contributed by atoms with Crippen LogP contribution in [0.1, 0.15) is 12.2 Å². The maximum Gasteiger partial charge on any atom is 0.183 e. The largest absolute Gasteiger partial charge is 0.452 e. The number of rotatable bonds is 4. The molecule has 1 fully saturated rings. The molecule has 3 nitrogen and oxygen atoms in total. The van der Waals surface area contributed by atoms with Crippen LogP contribution in [0.2, 0.25) is 0 Å². The second kappa shape index (κ2) is 5.48. The predicted octanol–water partition coefficient (Wildman–Crippen LogP) is 2.93. The molecule has 1 unspecified atom stereocenters. The van der Waals surface area contributed by atoms with Crippen LogP contribution in [0.25, 0.3) is 0 Å². The second-order valence-electron chi connectivity index (χ2n) is 3.69. The van der Waals surface area contributed by atoms with E-state index in [1.54, 1.807) is 0 Å². The molecule has 0 aromatic carbocycles. The SMILES string of the molecule is Brc1cc(CNCC2CCOC2)oc1Br. The molecule has 1 saturated heterocycles. The quantitative estimate of drug-likeness (QED) is 0.916. The van der Waals surface area contributed by atoms with E-state index in [2.05, 4.69) is 37.2 Å². The van der Waals surface area contributed by atoms with Gasteiger partial charge in [-0.25, -0.2) is 0 Å². The minimum atomic E-state index is 0.659. The summed E-state index contributed by atoms with van der Waals surface area (Å²) < 4.78 is 12.5. The van der Waals surface area contributed by atoms with E-state index < -0.39 is 0 Å². The first-order chi connectivity index (χ1) is 7.25. The van der Waals surface area contributed by atoms with E-state index in [-0.39, 0.29) is 0 Å². The number of ether oxygens (including phenoxy) is 1. The van der Waals surface area contributed by atoms with Crippen LogP contribution < -0.4 is 5.32 Å². The van der Waals surface area contributed by atoms with Crippen molar-refractivity contribution in [1.29, 1.82) is 0 Å². The normalized spacial score (nSPS) is 21.1. The summed E-state index contributed by atoms with van der Waals surface area (Å²) in [5.74, 6) is 1.60. The minimum absolute atomic E-state index is 0.659. The number of nitrogens with one attached hydrogen (secondary N) is 1. The number of furan rings is 1. The average Bonchev–Trinajstić information content (AvgIpc) is 2.79. The van der Waals surface area contributed by atoms with E-state index in [0.29, 0.717) is 5.92 Å². The molecule has 15 heavy (non-hydrogen) atoms.